The van der Waals surface area contributed by atoms with Crippen molar-refractivity contribution >= 4 is 17.5 Å². The van der Waals surface area contributed by atoms with Gasteiger partial charge >= 0.3 is 6.18 Å². The fourth-order valence-corrected chi connectivity index (χ4v) is 5.34. The van der Waals surface area contributed by atoms with Crippen molar-refractivity contribution in [1.82, 2.24) is 35.5 Å². The second kappa shape index (κ2) is 11.0. The van der Waals surface area contributed by atoms with Crippen LogP contribution in [0, 0.1) is 24.7 Å². The van der Waals surface area contributed by atoms with E-state index in [2.05, 4.69) is 35.7 Å². The lowest BCUT2D eigenvalue weighted by Gasteiger charge is -2.33. The fraction of sp³-hybridized carbons (Fsp3) is 0.615. The number of halogens is 5. The van der Waals surface area contributed by atoms with Crippen LogP contribution in [0.3, 0.4) is 0 Å². The van der Waals surface area contributed by atoms with Crippen LogP contribution < -0.4 is 10.6 Å². The summed E-state index contributed by atoms with van der Waals surface area (Å²) in [7, 11) is 0. The molecular formula is C26H30F5N7O3. The summed E-state index contributed by atoms with van der Waals surface area (Å²) >= 11 is 0. The second-order valence-electron chi connectivity index (χ2n) is 11.1. The number of aryl methyl sites for hydroxylation is 1. The molecule has 3 aromatic rings. The van der Waals surface area contributed by atoms with Crippen LogP contribution in [-0.2, 0) is 4.79 Å². The third-order valence-corrected chi connectivity index (χ3v) is 7.80. The van der Waals surface area contributed by atoms with E-state index >= 15 is 0 Å². The first kappa shape index (κ1) is 28.9. The Morgan fingerprint density at radius 1 is 1.10 bits per heavy atom. The van der Waals surface area contributed by atoms with Crippen LogP contribution in [0.15, 0.2) is 23.1 Å². The number of fused-ring (bicyclic) bond motifs is 1. The number of carbonyl (C=O) groups is 2. The lowest BCUT2D eigenvalue weighted by Crippen LogP contribution is -2.37. The van der Waals surface area contributed by atoms with E-state index in [0.29, 0.717) is 16.9 Å². The molecule has 2 saturated carbocycles. The van der Waals surface area contributed by atoms with Gasteiger partial charge in [0.1, 0.15) is 5.69 Å². The Labute approximate surface area is 231 Å². The zero-order chi connectivity index (χ0) is 29.5. The largest absolute Gasteiger partial charge is 0.389 e. The highest BCUT2D eigenvalue weighted by Crippen LogP contribution is 2.43. The number of hydrogen-bond donors (Lipinski definition) is 2. The minimum atomic E-state index is -4.46. The fourth-order valence-electron chi connectivity index (χ4n) is 5.34. The van der Waals surface area contributed by atoms with Crippen molar-refractivity contribution in [3.63, 3.8) is 0 Å². The lowest BCUT2D eigenvalue weighted by molar-refractivity contribution is -0.153. The summed E-state index contributed by atoms with van der Waals surface area (Å²) in [4.78, 5) is 30.2. The van der Waals surface area contributed by atoms with Crippen molar-refractivity contribution in [3.8, 4) is 0 Å². The van der Waals surface area contributed by atoms with Crippen LogP contribution in [0.4, 0.5) is 22.0 Å². The van der Waals surface area contributed by atoms with Gasteiger partial charge in [-0.25, -0.2) is 22.9 Å². The molecule has 10 nitrogen and oxygen atoms in total. The van der Waals surface area contributed by atoms with Crippen LogP contribution in [0.25, 0.3) is 5.65 Å². The molecule has 0 aromatic carbocycles. The highest BCUT2D eigenvalue weighted by Gasteiger charge is 2.40. The highest BCUT2D eigenvalue weighted by molar-refractivity contribution is 5.93. The van der Waals surface area contributed by atoms with E-state index in [1.807, 2.05) is 0 Å². The predicted octanol–water partition coefficient (Wildman–Crippen LogP) is 4.87. The molecule has 0 aliphatic heterocycles. The van der Waals surface area contributed by atoms with Gasteiger partial charge in [0, 0.05) is 18.8 Å². The molecule has 0 spiro atoms. The molecule has 15 heteroatoms. The average molecular weight is 584 g/mol. The maximum absolute atomic E-state index is 13.9. The first-order valence-corrected chi connectivity index (χ1v) is 13.5. The van der Waals surface area contributed by atoms with Gasteiger partial charge in [-0.3, -0.25) is 9.59 Å². The average Bonchev–Trinajstić information content (AvgIpc) is 3.50. The number of imidazole rings is 1. The number of rotatable bonds is 9. The third-order valence-electron chi connectivity index (χ3n) is 7.80. The van der Waals surface area contributed by atoms with E-state index in [1.54, 1.807) is 19.2 Å². The normalized spacial score (nSPS) is 20.0. The Morgan fingerprint density at radius 3 is 2.39 bits per heavy atom. The number of aromatic nitrogens is 5. The van der Waals surface area contributed by atoms with E-state index in [9.17, 15) is 31.5 Å². The van der Waals surface area contributed by atoms with Gasteiger partial charge in [-0.15, -0.1) is 0 Å². The number of nitrogens with zero attached hydrogens (tertiary/aromatic N) is 5. The Kier molecular flexibility index (Phi) is 7.72. The number of nitrogens with one attached hydrogen (secondary N) is 2. The van der Waals surface area contributed by atoms with E-state index in [0.717, 1.165) is 12.8 Å². The first-order valence-electron chi connectivity index (χ1n) is 13.5. The molecule has 3 aromatic heterocycles. The molecule has 5 rings (SSSR count). The van der Waals surface area contributed by atoms with Gasteiger partial charge in [0.2, 0.25) is 11.8 Å². The SMILES string of the molecule is Cc1nonc1C(=O)N[C@H](c1cn2ncc([C@H](NC(=O)[C@H](C)CC(F)(F)F)C3CC3)cc2n1)C1CCC(F)(F)CC1. The predicted molar refractivity (Wildman–Crippen MR) is 133 cm³/mol. The smallest absolute Gasteiger partial charge is 0.349 e. The molecule has 2 N–H and O–H groups in total. The van der Waals surface area contributed by atoms with Crippen molar-refractivity contribution < 1.29 is 36.2 Å². The zero-order valence-electron chi connectivity index (χ0n) is 22.4. The summed E-state index contributed by atoms with van der Waals surface area (Å²) in [6.45, 7) is 2.79. The molecule has 222 valence electrons. The van der Waals surface area contributed by atoms with Crippen molar-refractivity contribution in [2.45, 2.75) is 83.0 Å². The topological polar surface area (TPSA) is 127 Å². The van der Waals surface area contributed by atoms with E-state index in [-0.39, 0.29) is 48.9 Å². The van der Waals surface area contributed by atoms with Gasteiger partial charge < -0.3 is 10.6 Å². The monoisotopic (exact) mass is 583 g/mol. The van der Waals surface area contributed by atoms with Crippen molar-refractivity contribution in [2.24, 2.45) is 17.8 Å². The first-order chi connectivity index (χ1) is 19.3. The molecule has 2 fully saturated rings. The maximum Gasteiger partial charge on any atom is 0.389 e. The lowest BCUT2D eigenvalue weighted by atomic mass is 9.81. The van der Waals surface area contributed by atoms with E-state index in [4.69, 9.17) is 0 Å². The summed E-state index contributed by atoms with van der Waals surface area (Å²) in [6.07, 6.45) is -1.27. The molecule has 2 amide bonds. The Hall–Kier alpha value is -3.65. The summed E-state index contributed by atoms with van der Waals surface area (Å²) in [5, 5.41) is 17.2. The molecule has 0 bridgehead atoms. The van der Waals surface area contributed by atoms with Crippen molar-refractivity contribution in [3.05, 3.63) is 41.1 Å². The minimum absolute atomic E-state index is 0.0249. The van der Waals surface area contributed by atoms with Gasteiger partial charge in [0.25, 0.3) is 5.91 Å². The summed E-state index contributed by atoms with van der Waals surface area (Å²) < 4.78 is 72.4. The highest BCUT2D eigenvalue weighted by atomic mass is 19.4. The number of carbonyl (C=O) groups excluding carboxylic acids is 2. The van der Waals surface area contributed by atoms with E-state index in [1.165, 1.54) is 17.6 Å². The molecule has 2 aliphatic carbocycles. The molecule has 3 heterocycles. The summed E-state index contributed by atoms with van der Waals surface area (Å²) in [5.74, 6) is -5.57. The van der Waals surface area contributed by atoms with Gasteiger partial charge in [-0.05, 0) is 61.2 Å². The Balaban J connectivity index is 1.40. The van der Waals surface area contributed by atoms with Gasteiger partial charge in [-0.1, -0.05) is 12.1 Å². The molecular weight excluding hydrogens is 553 g/mol. The number of alkyl halides is 5. The van der Waals surface area contributed by atoms with Crippen molar-refractivity contribution in [1.29, 1.82) is 0 Å². The van der Waals surface area contributed by atoms with E-state index < -0.39 is 48.3 Å². The van der Waals surface area contributed by atoms with Crippen molar-refractivity contribution in [2.75, 3.05) is 0 Å². The molecule has 0 saturated heterocycles. The summed E-state index contributed by atoms with van der Waals surface area (Å²) in [5.41, 5.74) is 1.61. The number of amides is 2. The van der Waals surface area contributed by atoms with Crippen LogP contribution in [0.5, 0.6) is 0 Å². The molecule has 3 atom stereocenters. The van der Waals surface area contributed by atoms with Crippen LogP contribution in [-0.4, -0.2) is 48.8 Å². The van der Waals surface area contributed by atoms with Crippen LogP contribution in [0.1, 0.15) is 91.4 Å². The van der Waals surface area contributed by atoms with Gasteiger partial charge in [0.15, 0.2) is 11.3 Å². The molecule has 0 unspecified atom stereocenters. The zero-order valence-corrected chi connectivity index (χ0v) is 22.4. The van der Waals surface area contributed by atoms with Gasteiger partial charge in [-0.2, -0.15) is 18.3 Å². The third kappa shape index (κ3) is 6.81. The molecule has 41 heavy (non-hydrogen) atoms. The maximum atomic E-state index is 13.9. The molecule has 0 radical (unpaired) electrons. The Bertz CT molecular complexity index is 1410. The molecule has 2 aliphatic rings. The Morgan fingerprint density at radius 2 is 1.78 bits per heavy atom. The van der Waals surface area contributed by atoms with Gasteiger partial charge in [0.05, 0.1) is 36.6 Å². The second-order valence-corrected chi connectivity index (χ2v) is 11.1. The summed E-state index contributed by atoms with van der Waals surface area (Å²) in [6, 6.07) is 0.421. The van der Waals surface area contributed by atoms with Crippen LogP contribution in [0.2, 0.25) is 0 Å². The van der Waals surface area contributed by atoms with Crippen LogP contribution >= 0.6 is 0 Å². The quantitative estimate of drug-likeness (QED) is 0.344. The number of hydrogen-bond acceptors (Lipinski definition) is 7. The standard InChI is InChI=1S/C26H30F5N7O3/c1-13(10-26(29,30)31)23(39)34-21(15-3-4-15)17-9-19-33-18(12-38(19)32-11-17)22(16-5-7-25(27,28)8-6-16)35-24(40)20-14(2)36-41-37-20/h9,11-13,15-16,21-22H,3-8,10H2,1-2H3,(H,34,39)(H,35,40)/t13-,21-,22+/m1/s1. The minimum Gasteiger partial charge on any atom is -0.349 e.